The molecular weight excluding hydrogens is 264 g/mol. The van der Waals surface area contributed by atoms with Gasteiger partial charge in [-0.2, -0.15) is 5.26 Å². The molecule has 1 aliphatic carbocycles. The maximum atomic E-state index is 9.17. The van der Waals surface area contributed by atoms with Crippen molar-refractivity contribution in [3.63, 3.8) is 0 Å². The summed E-state index contributed by atoms with van der Waals surface area (Å²) in [7, 11) is 0. The van der Waals surface area contributed by atoms with Crippen molar-refractivity contribution in [2.45, 2.75) is 31.3 Å². The molecule has 0 radical (unpaired) electrons. The quantitative estimate of drug-likeness (QED) is 0.827. The van der Waals surface area contributed by atoms with E-state index in [1.807, 2.05) is 6.07 Å². The van der Waals surface area contributed by atoms with Gasteiger partial charge < -0.3 is 4.90 Å². The second-order valence-corrected chi connectivity index (χ2v) is 5.79. The van der Waals surface area contributed by atoms with E-state index in [2.05, 4.69) is 31.2 Å². The lowest BCUT2D eigenvalue weighted by Crippen LogP contribution is -2.48. The molecule has 1 saturated heterocycles. The van der Waals surface area contributed by atoms with Crippen LogP contribution in [0.3, 0.4) is 0 Å². The topological polar surface area (TPSA) is 68.1 Å². The van der Waals surface area contributed by atoms with E-state index in [1.165, 1.54) is 12.8 Å². The summed E-state index contributed by atoms with van der Waals surface area (Å²) in [5.74, 6) is 0.822. The second kappa shape index (κ2) is 6.83. The molecule has 112 valence electrons. The van der Waals surface area contributed by atoms with Gasteiger partial charge in [-0.1, -0.05) is 0 Å². The Kier molecular flexibility index (Phi) is 4.63. The van der Waals surface area contributed by atoms with E-state index in [1.54, 1.807) is 12.4 Å². The summed E-state index contributed by atoms with van der Waals surface area (Å²) in [6.07, 6.45) is 6.95. The molecule has 21 heavy (non-hydrogen) atoms. The third kappa shape index (κ3) is 4.13. The lowest BCUT2D eigenvalue weighted by atomic mass is 10.2. The van der Waals surface area contributed by atoms with Crippen LogP contribution < -0.4 is 10.2 Å². The third-order valence-corrected chi connectivity index (χ3v) is 4.11. The molecule has 1 atom stereocenters. The van der Waals surface area contributed by atoms with E-state index in [0.29, 0.717) is 6.04 Å². The van der Waals surface area contributed by atoms with E-state index >= 15 is 0 Å². The van der Waals surface area contributed by atoms with Gasteiger partial charge in [-0.05, 0) is 25.3 Å². The first-order chi connectivity index (χ1) is 10.3. The summed E-state index contributed by atoms with van der Waals surface area (Å²) in [4.78, 5) is 13.2. The van der Waals surface area contributed by atoms with Crippen LogP contribution in [0, 0.1) is 11.3 Å². The third-order valence-electron chi connectivity index (χ3n) is 4.11. The van der Waals surface area contributed by atoms with Crippen molar-refractivity contribution in [3.8, 4) is 6.07 Å². The molecule has 0 bridgehead atoms. The van der Waals surface area contributed by atoms with Crippen LogP contribution in [-0.4, -0.2) is 59.7 Å². The minimum atomic E-state index is 0.00739. The van der Waals surface area contributed by atoms with Crippen LogP contribution in [-0.2, 0) is 0 Å². The zero-order chi connectivity index (χ0) is 14.5. The Balaban J connectivity index is 1.40. The molecule has 6 heteroatoms. The molecule has 2 heterocycles. The Morgan fingerprint density at radius 2 is 1.95 bits per heavy atom. The van der Waals surface area contributed by atoms with Gasteiger partial charge in [0.2, 0.25) is 5.95 Å². The number of nitriles is 1. The van der Waals surface area contributed by atoms with Crippen molar-refractivity contribution in [1.82, 2.24) is 20.2 Å². The van der Waals surface area contributed by atoms with Crippen LogP contribution >= 0.6 is 0 Å². The van der Waals surface area contributed by atoms with Crippen molar-refractivity contribution >= 4 is 5.95 Å². The molecular formula is C15H22N6. The Hall–Kier alpha value is -1.71. The minimum Gasteiger partial charge on any atom is -0.338 e. The molecule has 0 amide bonds. The molecule has 1 aliphatic heterocycles. The van der Waals surface area contributed by atoms with Crippen molar-refractivity contribution in [1.29, 1.82) is 5.26 Å². The highest BCUT2D eigenvalue weighted by atomic mass is 15.3. The minimum absolute atomic E-state index is 0.00739. The summed E-state index contributed by atoms with van der Waals surface area (Å²) < 4.78 is 0. The molecule has 0 spiro atoms. The number of hydrogen-bond donors (Lipinski definition) is 1. The monoisotopic (exact) mass is 286 g/mol. The van der Waals surface area contributed by atoms with Crippen LogP contribution in [0.25, 0.3) is 0 Å². The first kappa shape index (κ1) is 14.2. The van der Waals surface area contributed by atoms with E-state index in [9.17, 15) is 0 Å². The Morgan fingerprint density at radius 1 is 1.24 bits per heavy atom. The fraction of sp³-hybridized carbons (Fsp3) is 0.667. The average molecular weight is 286 g/mol. The van der Waals surface area contributed by atoms with Crippen LogP contribution in [0.4, 0.5) is 5.95 Å². The first-order valence-corrected chi connectivity index (χ1v) is 7.75. The number of nitrogens with zero attached hydrogens (tertiary/aromatic N) is 5. The average Bonchev–Trinajstić information content (AvgIpc) is 3.37. The van der Waals surface area contributed by atoms with Crippen molar-refractivity contribution in [3.05, 3.63) is 18.5 Å². The van der Waals surface area contributed by atoms with Crippen LogP contribution in [0.2, 0.25) is 0 Å². The van der Waals surface area contributed by atoms with Gasteiger partial charge in [-0.15, -0.1) is 0 Å². The molecule has 6 nitrogen and oxygen atoms in total. The zero-order valence-electron chi connectivity index (χ0n) is 12.3. The Morgan fingerprint density at radius 3 is 2.57 bits per heavy atom. The fourth-order valence-electron chi connectivity index (χ4n) is 2.66. The fourth-order valence-corrected chi connectivity index (χ4v) is 2.66. The van der Waals surface area contributed by atoms with Gasteiger partial charge in [-0.3, -0.25) is 10.2 Å². The largest absolute Gasteiger partial charge is 0.338 e. The lowest BCUT2D eigenvalue weighted by molar-refractivity contribution is 0.247. The van der Waals surface area contributed by atoms with Gasteiger partial charge in [0.1, 0.15) is 0 Å². The van der Waals surface area contributed by atoms with E-state index in [-0.39, 0.29) is 6.04 Å². The number of aromatic nitrogens is 2. The summed E-state index contributed by atoms with van der Waals surface area (Å²) in [6.45, 7) is 4.93. The highest BCUT2D eigenvalue weighted by Gasteiger charge is 2.25. The predicted octanol–water partition coefficient (Wildman–Crippen LogP) is 0.633. The van der Waals surface area contributed by atoms with Gasteiger partial charge in [0, 0.05) is 51.2 Å². The van der Waals surface area contributed by atoms with Gasteiger partial charge in [0.15, 0.2) is 0 Å². The molecule has 1 unspecified atom stereocenters. The summed E-state index contributed by atoms with van der Waals surface area (Å²) in [6, 6.07) is 4.83. The summed E-state index contributed by atoms with van der Waals surface area (Å²) in [5.41, 5.74) is 0. The molecule has 1 aromatic heterocycles. The normalized spacial score (nSPS) is 21.0. The van der Waals surface area contributed by atoms with Crippen molar-refractivity contribution in [2.24, 2.45) is 0 Å². The molecule has 0 aromatic carbocycles. The maximum Gasteiger partial charge on any atom is 0.225 e. The molecule has 2 fully saturated rings. The summed E-state index contributed by atoms with van der Waals surface area (Å²) in [5, 5.41) is 12.6. The summed E-state index contributed by atoms with van der Waals surface area (Å²) >= 11 is 0. The standard InChI is InChI=1S/C15H22N6/c16-12-14(19-13-2-3-13)4-7-20-8-10-21(11-9-20)15-17-5-1-6-18-15/h1,5-6,13-14,19H,2-4,7-11H2. The number of anilines is 1. The van der Waals surface area contributed by atoms with E-state index in [0.717, 1.165) is 45.1 Å². The van der Waals surface area contributed by atoms with E-state index < -0.39 is 0 Å². The second-order valence-electron chi connectivity index (χ2n) is 5.79. The number of piperazine rings is 1. The number of rotatable bonds is 6. The molecule has 1 saturated carbocycles. The molecule has 3 rings (SSSR count). The zero-order valence-corrected chi connectivity index (χ0v) is 12.3. The van der Waals surface area contributed by atoms with Crippen LogP contribution in [0.1, 0.15) is 19.3 Å². The molecule has 1 N–H and O–H groups in total. The van der Waals surface area contributed by atoms with Crippen LogP contribution in [0.15, 0.2) is 18.5 Å². The van der Waals surface area contributed by atoms with Gasteiger partial charge in [-0.25, -0.2) is 9.97 Å². The number of hydrogen-bond acceptors (Lipinski definition) is 6. The molecule has 2 aliphatic rings. The van der Waals surface area contributed by atoms with Gasteiger partial charge in [0.05, 0.1) is 12.1 Å². The van der Waals surface area contributed by atoms with Crippen LogP contribution in [0.5, 0.6) is 0 Å². The lowest BCUT2D eigenvalue weighted by Gasteiger charge is -2.34. The first-order valence-electron chi connectivity index (χ1n) is 7.75. The Labute approximate surface area is 125 Å². The van der Waals surface area contributed by atoms with Crippen molar-refractivity contribution in [2.75, 3.05) is 37.6 Å². The Bertz CT molecular complexity index is 473. The number of nitrogens with one attached hydrogen (secondary N) is 1. The highest BCUT2D eigenvalue weighted by Crippen LogP contribution is 2.20. The SMILES string of the molecule is N#CC(CCN1CCN(c2ncccn2)CC1)NC1CC1. The van der Waals surface area contributed by atoms with E-state index in [4.69, 9.17) is 5.26 Å². The predicted molar refractivity (Wildman–Crippen MR) is 80.9 cm³/mol. The van der Waals surface area contributed by atoms with Gasteiger partial charge in [0.25, 0.3) is 0 Å². The van der Waals surface area contributed by atoms with Crippen molar-refractivity contribution < 1.29 is 0 Å². The molecule has 1 aromatic rings. The van der Waals surface area contributed by atoms with Gasteiger partial charge >= 0.3 is 0 Å². The highest BCUT2D eigenvalue weighted by molar-refractivity contribution is 5.29. The maximum absolute atomic E-state index is 9.17. The smallest absolute Gasteiger partial charge is 0.225 e.